The molecule has 0 aliphatic heterocycles. The minimum absolute atomic E-state index is 0.0131. The number of halogens is 3. The van der Waals surface area contributed by atoms with E-state index >= 15 is 0 Å². The van der Waals surface area contributed by atoms with Gasteiger partial charge in [0.15, 0.2) is 0 Å². The molecular formula is C13H15F3N2O. The first-order chi connectivity index (χ1) is 8.88. The van der Waals surface area contributed by atoms with Crippen LogP contribution in [-0.4, -0.2) is 12.5 Å². The molecule has 0 heterocycles. The number of amides is 1. The minimum atomic E-state index is -4.55. The number of rotatable bonds is 3. The first kappa shape index (κ1) is 13.7. The Labute approximate surface area is 109 Å². The van der Waals surface area contributed by atoms with E-state index in [1.54, 1.807) is 0 Å². The molecule has 1 fully saturated rings. The number of nitrogens with one attached hydrogen (secondary N) is 1. The second-order valence-corrected chi connectivity index (χ2v) is 4.81. The van der Waals surface area contributed by atoms with Crippen LogP contribution in [0.3, 0.4) is 0 Å². The van der Waals surface area contributed by atoms with E-state index in [1.807, 2.05) is 0 Å². The standard InChI is InChI=1S/C13H15F3N2O/c14-13(15,16)10-6-9(4-5-11(10)17)12(19)18-7-8-2-1-3-8/h4-6,8H,1-3,7,17H2,(H,18,19). The van der Waals surface area contributed by atoms with Gasteiger partial charge in [0.2, 0.25) is 0 Å². The Kier molecular flexibility index (Phi) is 3.68. The quantitative estimate of drug-likeness (QED) is 0.831. The highest BCUT2D eigenvalue weighted by Crippen LogP contribution is 2.34. The summed E-state index contributed by atoms with van der Waals surface area (Å²) in [5.41, 5.74) is 3.92. The molecule has 0 aromatic heterocycles. The Morgan fingerprint density at radius 3 is 2.58 bits per heavy atom. The normalized spacial score (nSPS) is 15.9. The molecule has 0 saturated heterocycles. The van der Waals surface area contributed by atoms with Crippen LogP contribution in [0.4, 0.5) is 18.9 Å². The van der Waals surface area contributed by atoms with Gasteiger partial charge in [-0.25, -0.2) is 0 Å². The number of hydrogen-bond donors (Lipinski definition) is 2. The predicted molar refractivity (Wildman–Crippen MR) is 65.5 cm³/mol. The van der Waals surface area contributed by atoms with Crippen molar-refractivity contribution < 1.29 is 18.0 Å². The van der Waals surface area contributed by atoms with Crippen LogP contribution in [0.1, 0.15) is 35.2 Å². The summed E-state index contributed by atoms with van der Waals surface area (Å²) in [5.74, 6) is -0.0304. The molecule has 0 atom stereocenters. The minimum Gasteiger partial charge on any atom is -0.398 e. The first-order valence-corrected chi connectivity index (χ1v) is 6.13. The van der Waals surface area contributed by atoms with Gasteiger partial charge in [-0.2, -0.15) is 13.2 Å². The number of benzene rings is 1. The fraction of sp³-hybridized carbons (Fsp3) is 0.462. The average Bonchev–Trinajstić information content (AvgIpc) is 2.25. The third kappa shape index (κ3) is 3.19. The monoisotopic (exact) mass is 272 g/mol. The van der Waals surface area contributed by atoms with Crippen LogP contribution >= 0.6 is 0 Å². The molecule has 0 spiro atoms. The second kappa shape index (κ2) is 5.11. The summed E-state index contributed by atoms with van der Waals surface area (Å²) in [7, 11) is 0. The molecule has 1 aliphatic rings. The van der Waals surface area contributed by atoms with Crippen LogP contribution in [0.5, 0.6) is 0 Å². The lowest BCUT2D eigenvalue weighted by Gasteiger charge is -2.25. The van der Waals surface area contributed by atoms with Crippen molar-refractivity contribution in [2.45, 2.75) is 25.4 Å². The van der Waals surface area contributed by atoms with Crippen LogP contribution in [0, 0.1) is 5.92 Å². The third-order valence-corrected chi connectivity index (χ3v) is 3.40. The van der Waals surface area contributed by atoms with Crippen molar-refractivity contribution in [3.8, 4) is 0 Å². The molecule has 3 nitrogen and oxygen atoms in total. The summed E-state index contributed by atoms with van der Waals surface area (Å²) in [5, 5.41) is 2.65. The van der Waals surface area contributed by atoms with Crippen molar-refractivity contribution in [3.63, 3.8) is 0 Å². The molecule has 1 aliphatic carbocycles. The first-order valence-electron chi connectivity index (χ1n) is 6.13. The Hall–Kier alpha value is -1.72. The van der Waals surface area contributed by atoms with Crippen molar-refractivity contribution in [3.05, 3.63) is 29.3 Å². The Morgan fingerprint density at radius 2 is 2.05 bits per heavy atom. The molecule has 0 radical (unpaired) electrons. The highest BCUT2D eigenvalue weighted by atomic mass is 19.4. The molecule has 1 aromatic carbocycles. The molecule has 19 heavy (non-hydrogen) atoms. The van der Waals surface area contributed by atoms with E-state index in [0.29, 0.717) is 12.5 Å². The van der Waals surface area contributed by atoms with Crippen molar-refractivity contribution in [2.75, 3.05) is 12.3 Å². The van der Waals surface area contributed by atoms with Crippen molar-refractivity contribution in [2.24, 2.45) is 5.92 Å². The van der Waals surface area contributed by atoms with Gasteiger partial charge in [0.1, 0.15) is 0 Å². The number of carbonyl (C=O) groups excluding carboxylic acids is 1. The zero-order chi connectivity index (χ0) is 14.0. The van der Waals surface area contributed by atoms with Crippen LogP contribution in [-0.2, 0) is 6.18 Å². The average molecular weight is 272 g/mol. The van der Waals surface area contributed by atoms with E-state index in [2.05, 4.69) is 5.32 Å². The fourth-order valence-electron chi connectivity index (χ4n) is 1.98. The summed E-state index contributed by atoms with van der Waals surface area (Å²) in [6, 6.07) is 3.22. The lowest BCUT2D eigenvalue weighted by Crippen LogP contribution is -2.32. The summed E-state index contributed by atoms with van der Waals surface area (Å²) < 4.78 is 38.0. The summed E-state index contributed by atoms with van der Waals surface area (Å²) in [6.07, 6.45) is -1.26. The summed E-state index contributed by atoms with van der Waals surface area (Å²) in [4.78, 5) is 11.8. The second-order valence-electron chi connectivity index (χ2n) is 4.81. The van der Waals surface area contributed by atoms with Gasteiger partial charge in [-0.3, -0.25) is 4.79 Å². The van der Waals surface area contributed by atoms with E-state index in [1.165, 1.54) is 6.07 Å². The topological polar surface area (TPSA) is 55.1 Å². The Morgan fingerprint density at radius 1 is 1.37 bits per heavy atom. The molecule has 6 heteroatoms. The van der Waals surface area contributed by atoms with E-state index in [9.17, 15) is 18.0 Å². The Bertz CT molecular complexity index is 481. The highest BCUT2D eigenvalue weighted by Gasteiger charge is 2.33. The molecular weight excluding hydrogens is 257 g/mol. The van der Waals surface area contributed by atoms with Gasteiger partial charge in [-0.05, 0) is 37.0 Å². The molecule has 1 aromatic rings. The van der Waals surface area contributed by atoms with Crippen molar-refractivity contribution in [1.82, 2.24) is 5.32 Å². The van der Waals surface area contributed by atoms with Gasteiger partial charge in [-0.15, -0.1) is 0 Å². The highest BCUT2D eigenvalue weighted by molar-refractivity contribution is 5.94. The van der Waals surface area contributed by atoms with Gasteiger partial charge in [0, 0.05) is 17.8 Å². The van der Waals surface area contributed by atoms with Crippen molar-refractivity contribution in [1.29, 1.82) is 0 Å². The maximum absolute atomic E-state index is 12.7. The lowest BCUT2D eigenvalue weighted by molar-refractivity contribution is -0.136. The maximum Gasteiger partial charge on any atom is 0.418 e. The summed E-state index contributed by atoms with van der Waals surface area (Å²) >= 11 is 0. The molecule has 3 N–H and O–H groups in total. The van der Waals surface area contributed by atoms with Gasteiger partial charge < -0.3 is 11.1 Å². The van der Waals surface area contributed by atoms with Gasteiger partial charge in [-0.1, -0.05) is 6.42 Å². The van der Waals surface area contributed by atoms with Crippen molar-refractivity contribution >= 4 is 11.6 Å². The van der Waals surface area contributed by atoms with Gasteiger partial charge in [0.25, 0.3) is 5.91 Å². The molecule has 0 unspecified atom stereocenters. The number of nitrogens with two attached hydrogens (primary N) is 1. The van der Waals surface area contributed by atoms with Crippen LogP contribution < -0.4 is 11.1 Å². The molecule has 0 bridgehead atoms. The third-order valence-electron chi connectivity index (χ3n) is 3.40. The summed E-state index contributed by atoms with van der Waals surface area (Å²) in [6.45, 7) is 0.518. The van der Waals surface area contributed by atoms with Crippen LogP contribution in [0.15, 0.2) is 18.2 Å². The zero-order valence-electron chi connectivity index (χ0n) is 10.3. The lowest BCUT2D eigenvalue weighted by atomic mass is 9.85. The van der Waals surface area contributed by atoms with Crippen LogP contribution in [0.2, 0.25) is 0 Å². The fourth-order valence-corrected chi connectivity index (χ4v) is 1.98. The number of carbonyl (C=O) groups is 1. The zero-order valence-corrected chi connectivity index (χ0v) is 10.3. The molecule has 1 saturated carbocycles. The molecule has 1 amide bonds. The van der Waals surface area contributed by atoms with E-state index in [-0.39, 0.29) is 11.3 Å². The molecule has 2 rings (SSSR count). The van der Waals surface area contributed by atoms with E-state index in [0.717, 1.165) is 31.4 Å². The molecule has 104 valence electrons. The smallest absolute Gasteiger partial charge is 0.398 e. The van der Waals surface area contributed by atoms with E-state index in [4.69, 9.17) is 5.73 Å². The van der Waals surface area contributed by atoms with Gasteiger partial charge in [0.05, 0.1) is 5.56 Å². The number of anilines is 1. The number of hydrogen-bond acceptors (Lipinski definition) is 2. The maximum atomic E-state index is 12.7. The van der Waals surface area contributed by atoms with Crippen LogP contribution in [0.25, 0.3) is 0 Å². The van der Waals surface area contributed by atoms with E-state index < -0.39 is 17.6 Å². The SMILES string of the molecule is Nc1ccc(C(=O)NCC2CCC2)cc1C(F)(F)F. The largest absolute Gasteiger partial charge is 0.418 e. The number of alkyl halides is 3. The number of nitrogen functional groups attached to an aromatic ring is 1. The predicted octanol–water partition coefficient (Wildman–Crippen LogP) is 2.82. The van der Waals surface area contributed by atoms with Gasteiger partial charge >= 0.3 is 6.18 Å². The Balaban J connectivity index is 2.08.